The first kappa shape index (κ1) is 11.5. The molecule has 0 aliphatic carbocycles. The van der Waals surface area contributed by atoms with Gasteiger partial charge in [-0.1, -0.05) is 6.07 Å². The Labute approximate surface area is 110 Å². The van der Waals surface area contributed by atoms with Crippen molar-refractivity contribution in [3.8, 4) is 22.4 Å². The second kappa shape index (κ2) is 4.24. The molecule has 0 radical (unpaired) electrons. The lowest BCUT2D eigenvalue weighted by atomic mass is 10.0. The highest BCUT2D eigenvalue weighted by molar-refractivity contribution is 5.88. The molecule has 0 saturated carbocycles. The number of hydrogen-bond donors (Lipinski definition) is 2. The smallest absolute Gasteiger partial charge is 0.129 e. The zero-order chi connectivity index (χ0) is 13.4. The van der Waals surface area contributed by atoms with Crippen LogP contribution in [0.15, 0.2) is 30.7 Å². The van der Waals surface area contributed by atoms with E-state index in [0.717, 1.165) is 28.1 Å². The Bertz CT molecular complexity index is 710. The molecule has 0 spiro atoms. The number of nitrogens with two attached hydrogens (primary N) is 1. The van der Waals surface area contributed by atoms with E-state index in [1.807, 2.05) is 26.1 Å². The normalized spacial score (nSPS) is 10.8. The minimum atomic E-state index is 0.614. The SMILES string of the molecule is Cc1[nH]ncc1-c1nn(C)c(N)c1-c1cccnc1. The van der Waals surface area contributed by atoms with Gasteiger partial charge in [-0.25, -0.2) is 0 Å². The van der Waals surface area contributed by atoms with Crippen LogP contribution < -0.4 is 5.73 Å². The van der Waals surface area contributed by atoms with Crippen LogP contribution in [0.2, 0.25) is 0 Å². The van der Waals surface area contributed by atoms with Crippen molar-refractivity contribution in [2.24, 2.45) is 7.05 Å². The Morgan fingerprint density at radius 1 is 1.32 bits per heavy atom. The number of aromatic amines is 1. The van der Waals surface area contributed by atoms with Crippen LogP contribution in [0, 0.1) is 6.92 Å². The van der Waals surface area contributed by atoms with Gasteiger partial charge in [0.2, 0.25) is 0 Å². The summed E-state index contributed by atoms with van der Waals surface area (Å²) in [6.45, 7) is 1.96. The Balaban J connectivity index is 2.28. The molecule has 3 heterocycles. The van der Waals surface area contributed by atoms with Crippen molar-refractivity contribution in [2.45, 2.75) is 6.92 Å². The summed E-state index contributed by atoms with van der Waals surface area (Å²) in [5, 5.41) is 11.5. The summed E-state index contributed by atoms with van der Waals surface area (Å²) < 4.78 is 1.67. The predicted molar refractivity (Wildman–Crippen MR) is 73.2 cm³/mol. The van der Waals surface area contributed by atoms with Crippen molar-refractivity contribution in [1.82, 2.24) is 25.0 Å². The van der Waals surface area contributed by atoms with Crippen LogP contribution in [0.3, 0.4) is 0 Å². The number of aryl methyl sites for hydroxylation is 2. The van der Waals surface area contributed by atoms with E-state index in [0.29, 0.717) is 5.82 Å². The summed E-state index contributed by atoms with van der Waals surface area (Å²) in [6.07, 6.45) is 5.28. The molecule has 3 aromatic heterocycles. The van der Waals surface area contributed by atoms with Crippen molar-refractivity contribution in [1.29, 1.82) is 0 Å². The Morgan fingerprint density at radius 3 is 2.79 bits per heavy atom. The van der Waals surface area contributed by atoms with Gasteiger partial charge >= 0.3 is 0 Å². The van der Waals surface area contributed by atoms with Gasteiger partial charge in [0.1, 0.15) is 11.5 Å². The van der Waals surface area contributed by atoms with Gasteiger partial charge in [-0.3, -0.25) is 14.8 Å². The highest BCUT2D eigenvalue weighted by atomic mass is 15.3. The summed E-state index contributed by atoms with van der Waals surface area (Å²) in [5.41, 5.74) is 10.7. The molecule has 0 saturated heterocycles. The third-order valence-corrected chi connectivity index (χ3v) is 3.13. The van der Waals surface area contributed by atoms with E-state index < -0.39 is 0 Å². The standard InChI is InChI=1S/C13H14N6/c1-8-10(7-16-17-8)12-11(13(14)19(2)18-12)9-4-3-5-15-6-9/h3-7H,14H2,1-2H3,(H,16,17). The molecule has 0 bridgehead atoms. The van der Waals surface area contributed by atoms with E-state index in [1.54, 1.807) is 23.3 Å². The average molecular weight is 254 g/mol. The zero-order valence-electron chi connectivity index (χ0n) is 10.8. The average Bonchev–Trinajstić information content (AvgIpc) is 2.96. The van der Waals surface area contributed by atoms with Gasteiger partial charge in [0.25, 0.3) is 0 Å². The van der Waals surface area contributed by atoms with Crippen LogP contribution in [-0.2, 0) is 7.05 Å². The summed E-state index contributed by atoms with van der Waals surface area (Å²) >= 11 is 0. The van der Waals surface area contributed by atoms with E-state index in [9.17, 15) is 0 Å². The van der Waals surface area contributed by atoms with E-state index in [4.69, 9.17) is 5.73 Å². The lowest BCUT2D eigenvalue weighted by Crippen LogP contribution is -1.98. The van der Waals surface area contributed by atoms with E-state index in [2.05, 4.69) is 20.3 Å². The lowest BCUT2D eigenvalue weighted by molar-refractivity contribution is 0.782. The van der Waals surface area contributed by atoms with Gasteiger partial charge in [0, 0.05) is 36.3 Å². The van der Waals surface area contributed by atoms with E-state index in [1.165, 1.54) is 0 Å². The van der Waals surface area contributed by atoms with Crippen molar-refractivity contribution in [2.75, 3.05) is 5.73 Å². The van der Waals surface area contributed by atoms with Gasteiger partial charge in [-0.2, -0.15) is 10.2 Å². The van der Waals surface area contributed by atoms with Crippen molar-refractivity contribution in [3.05, 3.63) is 36.4 Å². The summed E-state index contributed by atoms with van der Waals surface area (Å²) in [7, 11) is 1.83. The molecular weight excluding hydrogens is 240 g/mol. The first-order valence-corrected chi connectivity index (χ1v) is 5.91. The molecule has 0 fully saturated rings. The molecule has 3 aromatic rings. The van der Waals surface area contributed by atoms with Gasteiger partial charge in [0.05, 0.1) is 11.8 Å². The number of nitrogens with one attached hydrogen (secondary N) is 1. The van der Waals surface area contributed by atoms with Gasteiger partial charge in [-0.05, 0) is 13.0 Å². The Morgan fingerprint density at radius 2 is 2.16 bits per heavy atom. The molecule has 96 valence electrons. The number of anilines is 1. The van der Waals surface area contributed by atoms with Crippen LogP contribution in [0.25, 0.3) is 22.4 Å². The highest BCUT2D eigenvalue weighted by Gasteiger charge is 2.19. The van der Waals surface area contributed by atoms with E-state index in [-0.39, 0.29) is 0 Å². The predicted octanol–water partition coefficient (Wildman–Crippen LogP) is 1.76. The number of aromatic nitrogens is 5. The fraction of sp³-hybridized carbons (Fsp3) is 0.154. The molecule has 0 aliphatic rings. The Kier molecular flexibility index (Phi) is 2.56. The van der Waals surface area contributed by atoms with Crippen LogP contribution in [0.5, 0.6) is 0 Å². The fourth-order valence-electron chi connectivity index (χ4n) is 2.11. The first-order valence-electron chi connectivity index (χ1n) is 5.91. The monoisotopic (exact) mass is 254 g/mol. The number of H-pyrrole nitrogens is 1. The molecule has 0 amide bonds. The molecule has 3 rings (SSSR count). The third-order valence-electron chi connectivity index (χ3n) is 3.13. The minimum Gasteiger partial charge on any atom is -0.383 e. The van der Waals surface area contributed by atoms with Gasteiger partial charge < -0.3 is 5.73 Å². The van der Waals surface area contributed by atoms with Crippen LogP contribution >= 0.6 is 0 Å². The summed E-state index contributed by atoms with van der Waals surface area (Å²) in [4.78, 5) is 4.14. The maximum atomic E-state index is 6.13. The van der Waals surface area contributed by atoms with E-state index >= 15 is 0 Å². The third kappa shape index (κ3) is 1.77. The molecule has 0 aliphatic heterocycles. The second-order valence-corrected chi connectivity index (χ2v) is 4.38. The molecule has 0 atom stereocenters. The number of rotatable bonds is 2. The first-order chi connectivity index (χ1) is 9.18. The quantitative estimate of drug-likeness (QED) is 0.729. The number of pyridine rings is 1. The Hall–Kier alpha value is -2.63. The van der Waals surface area contributed by atoms with Gasteiger partial charge in [0.15, 0.2) is 0 Å². The second-order valence-electron chi connectivity index (χ2n) is 4.38. The van der Waals surface area contributed by atoms with Crippen molar-refractivity contribution < 1.29 is 0 Å². The topological polar surface area (TPSA) is 85.4 Å². The molecule has 3 N–H and O–H groups in total. The maximum absolute atomic E-state index is 6.13. The number of nitrogens with zero attached hydrogens (tertiary/aromatic N) is 4. The lowest BCUT2D eigenvalue weighted by Gasteiger charge is -2.02. The van der Waals surface area contributed by atoms with Gasteiger partial charge in [-0.15, -0.1) is 0 Å². The molecule has 0 aromatic carbocycles. The molecular formula is C13H14N6. The molecule has 19 heavy (non-hydrogen) atoms. The molecule has 6 heteroatoms. The van der Waals surface area contributed by atoms with Crippen LogP contribution in [-0.4, -0.2) is 25.0 Å². The fourth-order valence-corrected chi connectivity index (χ4v) is 2.11. The summed E-state index contributed by atoms with van der Waals surface area (Å²) in [5.74, 6) is 0.614. The van der Waals surface area contributed by atoms with Crippen LogP contribution in [0.1, 0.15) is 5.69 Å². The van der Waals surface area contributed by atoms with Crippen molar-refractivity contribution >= 4 is 5.82 Å². The largest absolute Gasteiger partial charge is 0.383 e. The highest BCUT2D eigenvalue weighted by Crippen LogP contribution is 2.35. The van der Waals surface area contributed by atoms with Crippen molar-refractivity contribution in [3.63, 3.8) is 0 Å². The minimum absolute atomic E-state index is 0.614. The molecule has 6 nitrogen and oxygen atoms in total. The summed E-state index contributed by atoms with van der Waals surface area (Å²) in [6, 6.07) is 3.85. The number of hydrogen-bond acceptors (Lipinski definition) is 4. The number of nitrogen functional groups attached to an aromatic ring is 1. The zero-order valence-corrected chi connectivity index (χ0v) is 10.8. The van der Waals surface area contributed by atoms with Crippen LogP contribution in [0.4, 0.5) is 5.82 Å². The molecule has 0 unspecified atom stereocenters. The maximum Gasteiger partial charge on any atom is 0.129 e.